The van der Waals surface area contributed by atoms with Gasteiger partial charge >= 0.3 is 0 Å². The van der Waals surface area contributed by atoms with Crippen LogP contribution in [-0.4, -0.2) is 31.6 Å². The van der Waals surface area contributed by atoms with Crippen LogP contribution in [0, 0.1) is 5.82 Å². The molecule has 27 heavy (non-hydrogen) atoms. The lowest BCUT2D eigenvalue weighted by Crippen LogP contribution is -2.42. The first-order valence-electron chi connectivity index (χ1n) is 8.57. The van der Waals surface area contributed by atoms with Crippen molar-refractivity contribution in [3.63, 3.8) is 0 Å². The van der Waals surface area contributed by atoms with E-state index in [-0.39, 0.29) is 29.6 Å². The summed E-state index contributed by atoms with van der Waals surface area (Å²) >= 11 is 0. The molecular formula is C20H17FN2O4. The van der Waals surface area contributed by atoms with Gasteiger partial charge in [-0.25, -0.2) is 4.39 Å². The van der Waals surface area contributed by atoms with Crippen molar-refractivity contribution in [2.45, 2.75) is 6.42 Å². The standard InChI is InChI=1S/C20H17FN2O4/c21-15-11-14(6-7-16(15)23-9-10-26-12-19(23)24)22-20(25)18-8-5-13-3-1-2-4-17(13)27-18/h1-4,6-8,11H,5,9-10,12H2,(H,22,25). The molecule has 0 bridgehead atoms. The van der Waals surface area contributed by atoms with Crippen LogP contribution in [0.2, 0.25) is 0 Å². The highest BCUT2D eigenvalue weighted by atomic mass is 19.1. The fourth-order valence-corrected chi connectivity index (χ4v) is 3.04. The number of fused-ring (bicyclic) bond motifs is 1. The summed E-state index contributed by atoms with van der Waals surface area (Å²) in [6.07, 6.45) is 2.28. The van der Waals surface area contributed by atoms with Gasteiger partial charge in [0, 0.05) is 12.2 Å². The molecule has 138 valence electrons. The third kappa shape index (κ3) is 3.54. The zero-order valence-corrected chi connectivity index (χ0v) is 14.4. The van der Waals surface area contributed by atoms with E-state index in [2.05, 4.69) is 5.32 Å². The number of allylic oxidation sites excluding steroid dienone is 1. The lowest BCUT2D eigenvalue weighted by molar-refractivity contribution is -0.125. The molecule has 2 aromatic rings. The number of para-hydroxylation sites is 1. The van der Waals surface area contributed by atoms with Gasteiger partial charge in [0.25, 0.3) is 11.8 Å². The minimum absolute atomic E-state index is 0.0646. The quantitative estimate of drug-likeness (QED) is 0.905. The number of rotatable bonds is 3. The van der Waals surface area contributed by atoms with Gasteiger partial charge in [-0.2, -0.15) is 0 Å². The smallest absolute Gasteiger partial charge is 0.291 e. The van der Waals surface area contributed by atoms with Gasteiger partial charge in [0.15, 0.2) is 5.76 Å². The zero-order valence-electron chi connectivity index (χ0n) is 14.4. The Bertz CT molecular complexity index is 941. The summed E-state index contributed by atoms with van der Waals surface area (Å²) < 4.78 is 25.1. The lowest BCUT2D eigenvalue weighted by atomic mass is 10.1. The molecule has 2 amide bonds. The molecule has 2 aromatic carbocycles. The number of halogens is 1. The average molecular weight is 368 g/mol. The second-order valence-corrected chi connectivity index (χ2v) is 6.20. The fourth-order valence-electron chi connectivity index (χ4n) is 3.04. The number of anilines is 2. The molecule has 0 aliphatic carbocycles. The molecule has 6 nitrogen and oxygen atoms in total. The van der Waals surface area contributed by atoms with Crippen molar-refractivity contribution < 1.29 is 23.5 Å². The molecule has 0 unspecified atom stereocenters. The maximum atomic E-state index is 14.5. The maximum absolute atomic E-state index is 14.5. The van der Waals surface area contributed by atoms with Crippen molar-refractivity contribution >= 4 is 23.2 Å². The number of nitrogens with zero attached hydrogens (tertiary/aromatic N) is 1. The number of hydrogen-bond donors (Lipinski definition) is 1. The van der Waals surface area contributed by atoms with Crippen LogP contribution in [0.4, 0.5) is 15.8 Å². The Balaban J connectivity index is 1.47. The topological polar surface area (TPSA) is 67.9 Å². The molecule has 4 rings (SSSR count). The van der Waals surface area contributed by atoms with E-state index in [4.69, 9.17) is 9.47 Å². The monoisotopic (exact) mass is 368 g/mol. The minimum atomic E-state index is -0.591. The number of nitrogens with one attached hydrogen (secondary N) is 1. The van der Waals surface area contributed by atoms with Crippen molar-refractivity contribution in [3.8, 4) is 5.75 Å². The first kappa shape index (κ1) is 17.2. The molecule has 2 aliphatic rings. The molecule has 0 atom stereocenters. The molecule has 0 aromatic heterocycles. The van der Waals surface area contributed by atoms with Gasteiger partial charge in [0.2, 0.25) is 0 Å². The van der Waals surface area contributed by atoms with Crippen LogP contribution >= 0.6 is 0 Å². The van der Waals surface area contributed by atoms with Crippen molar-refractivity contribution in [3.05, 3.63) is 65.7 Å². The molecular weight excluding hydrogens is 351 g/mol. The Labute approximate surface area is 155 Å². The van der Waals surface area contributed by atoms with Gasteiger partial charge in [0.1, 0.15) is 18.2 Å². The maximum Gasteiger partial charge on any atom is 0.291 e. The van der Waals surface area contributed by atoms with Crippen LogP contribution in [-0.2, 0) is 20.7 Å². The Morgan fingerprint density at radius 1 is 1.19 bits per heavy atom. The first-order chi connectivity index (χ1) is 13.1. The average Bonchev–Trinajstić information content (AvgIpc) is 2.68. The SMILES string of the molecule is O=C(Nc1ccc(N2CCOCC2=O)c(F)c1)C1=CCc2ccccc2O1. The van der Waals surface area contributed by atoms with E-state index in [0.717, 1.165) is 5.56 Å². The summed E-state index contributed by atoms with van der Waals surface area (Å²) in [5.41, 5.74) is 1.45. The molecule has 0 spiro atoms. The normalized spacial score (nSPS) is 16.3. The van der Waals surface area contributed by atoms with Gasteiger partial charge < -0.3 is 19.7 Å². The molecule has 7 heteroatoms. The molecule has 1 saturated heterocycles. The van der Waals surface area contributed by atoms with Gasteiger partial charge in [0.05, 0.1) is 12.3 Å². The van der Waals surface area contributed by atoms with E-state index in [1.165, 1.54) is 17.0 Å². The Morgan fingerprint density at radius 2 is 2.04 bits per heavy atom. The lowest BCUT2D eigenvalue weighted by Gasteiger charge is -2.27. The Morgan fingerprint density at radius 3 is 2.85 bits per heavy atom. The van der Waals surface area contributed by atoms with E-state index in [1.807, 2.05) is 18.2 Å². The fraction of sp³-hybridized carbons (Fsp3) is 0.200. The molecule has 2 heterocycles. The van der Waals surface area contributed by atoms with Gasteiger partial charge in [-0.15, -0.1) is 0 Å². The van der Waals surface area contributed by atoms with Crippen LogP contribution in [0.25, 0.3) is 0 Å². The Hall–Kier alpha value is -3.19. The predicted octanol–water partition coefficient (Wildman–Crippen LogP) is 2.65. The third-order valence-corrected chi connectivity index (χ3v) is 4.41. The van der Waals surface area contributed by atoms with Crippen LogP contribution in [0.3, 0.4) is 0 Å². The van der Waals surface area contributed by atoms with Crippen LogP contribution < -0.4 is 15.0 Å². The van der Waals surface area contributed by atoms with E-state index in [1.54, 1.807) is 18.2 Å². The van der Waals surface area contributed by atoms with Gasteiger partial charge in [-0.3, -0.25) is 9.59 Å². The second-order valence-electron chi connectivity index (χ2n) is 6.20. The third-order valence-electron chi connectivity index (χ3n) is 4.41. The molecule has 0 radical (unpaired) electrons. The molecule has 0 saturated carbocycles. The zero-order chi connectivity index (χ0) is 18.8. The number of benzene rings is 2. The predicted molar refractivity (Wildman–Crippen MR) is 97.1 cm³/mol. The molecule has 2 aliphatic heterocycles. The first-order valence-corrected chi connectivity index (χ1v) is 8.57. The highest BCUT2D eigenvalue weighted by Gasteiger charge is 2.23. The summed E-state index contributed by atoms with van der Waals surface area (Å²) in [5, 5.41) is 2.62. The second kappa shape index (κ2) is 7.20. The van der Waals surface area contributed by atoms with Crippen LogP contribution in [0.5, 0.6) is 5.75 Å². The number of amides is 2. The number of carbonyl (C=O) groups excluding carboxylic acids is 2. The van der Waals surface area contributed by atoms with Crippen LogP contribution in [0.1, 0.15) is 5.56 Å². The van der Waals surface area contributed by atoms with Crippen molar-refractivity contribution in [1.82, 2.24) is 0 Å². The van der Waals surface area contributed by atoms with Crippen molar-refractivity contribution in [2.75, 3.05) is 30.0 Å². The minimum Gasteiger partial charge on any atom is -0.452 e. The van der Waals surface area contributed by atoms with E-state index in [0.29, 0.717) is 25.3 Å². The molecule has 1 N–H and O–H groups in total. The van der Waals surface area contributed by atoms with Crippen LogP contribution in [0.15, 0.2) is 54.3 Å². The van der Waals surface area contributed by atoms with E-state index < -0.39 is 11.7 Å². The van der Waals surface area contributed by atoms with Gasteiger partial charge in [-0.05, 0) is 42.3 Å². The summed E-state index contributed by atoms with van der Waals surface area (Å²) in [6, 6.07) is 11.7. The largest absolute Gasteiger partial charge is 0.452 e. The summed E-state index contributed by atoms with van der Waals surface area (Å²) in [5.74, 6) is -0.540. The van der Waals surface area contributed by atoms with Gasteiger partial charge in [-0.1, -0.05) is 18.2 Å². The number of hydrogen-bond acceptors (Lipinski definition) is 4. The van der Waals surface area contributed by atoms with Crippen molar-refractivity contribution in [1.29, 1.82) is 0 Å². The number of ether oxygens (including phenoxy) is 2. The number of morpholine rings is 1. The van der Waals surface area contributed by atoms with Crippen molar-refractivity contribution in [2.24, 2.45) is 0 Å². The molecule has 1 fully saturated rings. The summed E-state index contributed by atoms with van der Waals surface area (Å²) in [4.78, 5) is 25.6. The summed E-state index contributed by atoms with van der Waals surface area (Å²) in [6.45, 7) is 0.586. The highest BCUT2D eigenvalue weighted by molar-refractivity contribution is 6.03. The highest BCUT2D eigenvalue weighted by Crippen LogP contribution is 2.27. The summed E-state index contributed by atoms with van der Waals surface area (Å²) in [7, 11) is 0. The Kier molecular flexibility index (Phi) is 4.60. The van der Waals surface area contributed by atoms with E-state index >= 15 is 0 Å². The number of carbonyl (C=O) groups is 2. The van der Waals surface area contributed by atoms with E-state index in [9.17, 15) is 14.0 Å².